The molecule has 0 bridgehead atoms. The van der Waals surface area contributed by atoms with Crippen molar-refractivity contribution < 1.29 is 14.3 Å². The number of aromatic hydroxyl groups is 1. The summed E-state index contributed by atoms with van der Waals surface area (Å²) in [6.07, 6.45) is 0. The van der Waals surface area contributed by atoms with Crippen molar-refractivity contribution in [1.82, 2.24) is 4.90 Å². The van der Waals surface area contributed by atoms with Crippen LogP contribution in [-0.2, 0) is 4.74 Å². The van der Waals surface area contributed by atoms with Crippen LogP contribution in [0.1, 0.15) is 23.1 Å². The van der Waals surface area contributed by atoms with Gasteiger partial charge in [0, 0.05) is 18.7 Å². The summed E-state index contributed by atoms with van der Waals surface area (Å²) in [7, 11) is 0. The Morgan fingerprint density at radius 1 is 1.00 bits per heavy atom. The van der Waals surface area contributed by atoms with Gasteiger partial charge >= 0.3 is 0 Å². The van der Waals surface area contributed by atoms with E-state index in [0.717, 1.165) is 40.9 Å². The SMILES string of the molecule is Cc1ccc([C@H](c2c(O)ccc3ccccc23)N2CCOCC2)o1. The van der Waals surface area contributed by atoms with Crippen molar-refractivity contribution in [2.75, 3.05) is 26.3 Å². The molecule has 1 saturated heterocycles. The first-order valence-corrected chi connectivity index (χ1v) is 8.33. The fourth-order valence-electron chi connectivity index (χ4n) is 3.51. The highest BCUT2D eigenvalue weighted by molar-refractivity contribution is 5.88. The van der Waals surface area contributed by atoms with Crippen LogP contribution in [0.3, 0.4) is 0 Å². The molecule has 4 heteroatoms. The third-order valence-corrected chi connectivity index (χ3v) is 4.66. The number of benzene rings is 2. The first-order valence-electron chi connectivity index (χ1n) is 8.33. The maximum absolute atomic E-state index is 10.7. The normalized spacial score (nSPS) is 17.2. The zero-order valence-electron chi connectivity index (χ0n) is 13.7. The highest BCUT2D eigenvalue weighted by Gasteiger charge is 2.30. The molecule has 0 amide bonds. The number of fused-ring (bicyclic) bond motifs is 1. The molecular formula is C20H21NO3. The van der Waals surface area contributed by atoms with Crippen molar-refractivity contribution in [3.05, 3.63) is 65.6 Å². The lowest BCUT2D eigenvalue weighted by atomic mass is 9.94. The molecule has 0 saturated carbocycles. The van der Waals surface area contributed by atoms with Crippen molar-refractivity contribution in [3.63, 3.8) is 0 Å². The van der Waals surface area contributed by atoms with Gasteiger partial charge in [0.2, 0.25) is 0 Å². The van der Waals surface area contributed by atoms with E-state index >= 15 is 0 Å². The number of phenolic OH excluding ortho intramolecular Hbond substituents is 1. The van der Waals surface area contributed by atoms with Crippen LogP contribution >= 0.6 is 0 Å². The smallest absolute Gasteiger partial charge is 0.126 e. The lowest BCUT2D eigenvalue weighted by Gasteiger charge is -2.34. The van der Waals surface area contributed by atoms with Gasteiger partial charge in [0.05, 0.1) is 19.3 Å². The minimum atomic E-state index is -0.117. The minimum absolute atomic E-state index is 0.117. The summed E-state index contributed by atoms with van der Waals surface area (Å²) >= 11 is 0. The average Bonchev–Trinajstić information content (AvgIpc) is 3.04. The summed E-state index contributed by atoms with van der Waals surface area (Å²) in [5.41, 5.74) is 0.907. The molecule has 0 radical (unpaired) electrons. The Morgan fingerprint density at radius 3 is 2.54 bits per heavy atom. The second-order valence-electron chi connectivity index (χ2n) is 6.22. The number of hydrogen-bond acceptors (Lipinski definition) is 4. The monoisotopic (exact) mass is 323 g/mol. The fraction of sp³-hybridized carbons (Fsp3) is 0.300. The minimum Gasteiger partial charge on any atom is -0.508 e. The Bertz CT molecular complexity index is 849. The maximum atomic E-state index is 10.7. The number of hydrogen-bond donors (Lipinski definition) is 1. The number of nitrogens with zero attached hydrogens (tertiary/aromatic N) is 1. The molecule has 1 aliphatic rings. The maximum Gasteiger partial charge on any atom is 0.126 e. The summed E-state index contributed by atoms with van der Waals surface area (Å²) in [6, 6.07) is 15.8. The number of phenols is 1. The van der Waals surface area contributed by atoms with Gasteiger partial charge in [-0.1, -0.05) is 30.3 Å². The second kappa shape index (κ2) is 6.30. The van der Waals surface area contributed by atoms with Crippen molar-refractivity contribution in [3.8, 4) is 5.75 Å². The van der Waals surface area contributed by atoms with Gasteiger partial charge in [0.1, 0.15) is 17.3 Å². The Morgan fingerprint density at radius 2 is 1.79 bits per heavy atom. The predicted molar refractivity (Wildman–Crippen MR) is 93.3 cm³/mol. The number of morpholine rings is 1. The molecular weight excluding hydrogens is 302 g/mol. The van der Waals surface area contributed by atoms with Crippen LogP contribution in [0.4, 0.5) is 0 Å². The number of ether oxygens (including phenoxy) is 1. The zero-order valence-corrected chi connectivity index (χ0v) is 13.7. The van der Waals surface area contributed by atoms with Crippen LogP contribution in [0.2, 0.25) is 0 Å². The van der Waals surface area contributed by atoms with Crippen LogP contribution in [0, 0.1) is 6.92 Å². The van der Waals surface area contributed by atoms with E-state index in [1.54, 1.807) is 6.07 Å². The van der Waals surface area contributed by atoms with Crippen LogP contribution in [0.5, 0.6) is 5.75 Å². The lowest BCUT2D eigenvalue weighted by molar-refractivity contribution is 0.0199. The van der Waals surface area contributed by atoms with Crippen LogP contribution in [-0.4, -0.2) is 36.3 Å². The molecule has 0 aliphatic carbocycles. The molecule has 2 aromatic carbocycles. The molecule has 1 fully saturated rings. The molecule has 124 valence electrons. The van der Waals surface area contributed by atoms with E-state index < -0.39 is 0 Å². The van der Waals surface area contributed by atoms with E-state index in [2.05, 4.69) is 17.0 Å². The van der Waals surface area contributed by atoms with Crippen LogP contribution < -0.4 is 0 Å². The fourth-order valence-corrected chi connectivity index (χ4v) is 3.51. The van der Waals surface area contributed by atoms with Gasteiger partial charge in [-0.25, -0.2) is 0 Å². The highest BCUT2D eigenvalue weighted by atomic mass is 16.5. The third kappa shape index (κ3) is 2.68. The van der Waals surface area contributed by atoms with E-state index in [1.807, 2.05) is 37.3 Å². The average molecular weight is 323 g/mol. The van der Waals surface area contributed by atoms with Crippen LogP contribution in [0.25, 0.3) is 10.8 Å². The van der Waals surface area contributed by atoms with Crippen molar-refractivity contribution in [2.24, 2.45) is 0 Å². The molecule has 1 atom stereocenters. The molecule has 0 spiro atoms. The third-order valence-electron chi connectivity index (χ3n) is 4.66. The Labute approximate surface area is 141 Å². The number of furan rings is 1. The second-order valence-corrected chi connectivity index (χ2v) is 6.22. The first-order chi connectivity index (χ1) is 11.7. The quantitative estimate of drug-likeness (QED) is 0.795. The van der Waals surface area contributed by atoms with Gasteiger partial charge in [-0.15, -0.1) is 0 Å². The molecule has 1 N–H and O–H groups in total. The number of aryl methyl sites for hydroxylation is 1. The van der Waals surface area contributed by atoms with E-state index in [4.69, 9.17) is 9.15 Å². The van der Waals surface area contributed by atoms with Gasteiger partial charge in [0.25, 0.3) is 0 Å². The summed E-state index contributed by atoms with van der Waals surface area (Å²) in [5, 5.41) is 12.9. The van der Waals surface area contributed by atoms with Gasteiger partial charge in [-0.3, -0.25) is 4.90 Å². The number of rotatable bonds is 3. The molecule has 4 rings (SSSR count). The van der Waals surface area contributed by atoms with Crippen molar-refractivity contribution >= 4 is 10.8 Å². The Hall–Kier alpha value is -2.30. The van der Waals surface area contributed by atoms with Gasteiger partial charge in [0.15, 0.2) is 0 Å². The zero-order chi connectivity index (χ0) is 16.5. The van der Waals surface area contributed by atoms with E-state index in [-0.39, 0.29) is 6.04 Å². The van der Waals surface area contributed by atoms with E-state index in [0.29, 0.717) is 19.0 Å². The summed E-state index contributed by atoms with van der Waals surface area (Å²) in [6.45, 7) is 4.96. The predicted octanol–water partition coefficient (Wildman–Crippen LogP) is 3.87. The molecule has 1 aromatic heterocycles. The van der Waals surface area contributed by atoms with E-state index in [9.17, 15) is 5.11 Å². The lowest BCUT2D eigenvalue weighted by Crippen LogP contribution is -2.39. The summed E-state index contributed by atoms with van der Waals surface area (Å²) in [5.74, 6) is 2.04. The van der Waals surface area contributed by atoms with Gasteiger partial charge < -0.3 is 14.3 Å². The van der Waals surface area contributed by atoms with Gasteiger partial charge in [-0.05, 0) is 35.9 Å². The Kier molecular flexibility index (Phi) is 4.00. The molecule has 0 unspecified atom stereocenters. The van der Waals surface area contributed by atoms with E-state index in [1.165, 1.54) is 0 Å². The van der Waals surface area contributed by atoms with Crippen molar-refractivity contribution in [1.29, 1.82) is 0 Å². The molecule has 24 heavy (non-hydrogen) atoms. The molecule has 1 aliphatic heterocycles. The standard InChI is InChI=1S/C20H21NO3/c1-14-6-9-18(24-14)20(21-10-12-23-13-11-21)19-16-5-3-2-4-15(16)7-8-17(19)22/h2-9,20,22H,10-13H2,1H3/t20-/m1/s1. The van der Waals surface area contributed by atoms with Crippen LogP contribution in [0.15, 0.2) is 52.9 Å². The van der Waals surface area contributed by atoms with Gasteiger partial charge in [-0.2, -0.15) is 0 Å². The first kappa shape index (κ1) is 15.2. The van der Waals surface area contributed by atoms with Crippen molar-refractivity contribution in [2.45, 2.75) is 13.0 Å². The topological polar surface area (TPSA) is 45.8 Å². The molecule has 2 heterocycles. The summed E-state index contributed by atoms with van der Waals surface area (Å²) in [4.78, 5) is 2.32. The highest BCUT2D eigenvalue weighted by Crippen LogP contribution is 2.40. The molecule has 4 nitrogen and oxygen atoms in total. The Balaban J connectivity index is 1.91. The summed E-state index contributed by atoms with van der Waals surface area (Å²) < 4.78 is 11.5. The molecule has 3 aromatic rings. The largest absolute Gasteiger partial charge is 0.508 e.